The summed E-state index contributed by atoms with van der Waals surface area (Å²) in [7, 11) is 0. The topological polar surface area (TPSA) is 24.4 Å². The molecule has 0 atom stereocenters. The number of aliphatic imine (C=N–C) groups is 1. The molecule has 2 nitrogen and oxygen atoms in total. The van der Waals surface area contributed by atoms with E-state index in [1.165, 1.54) is 0 Å². The average molecular weight is 140 g/mol. The Labute approximate surface area is 63.0 Å². The van der Waals surface area contributed by atoms with Crippen LogP contribution in [0.4, 0.5) is 0 Å². The zero-order valence-electron chi connectivity index (χ0n) is 7.02. The smallest absolute Gasteiger partial charge is 0.0660 e. The first-order valence-electron chi connectivity index (χ1n) is 3.52. The van der Waals surface area contributed by atoms with E-state index in [4.69, 9.17) is 0 Å². The molecule has 0 aliphatic rings. The summed E-state index contributed by atoms with van der Waals surface area (Å²) >= 11 is 0. The Bertz CT molecular complexity index is 125. The van der Waals surface area contributed by atoms with Crippen molar-refractivity contribution in [2.45, 2.75) is 26.3 Å². The minimum absolute atomic E-state index is 0.0578. The first-order valence-corrected chi connectivity index (χ1v) is 3.52. The van der Waals surface area contributed by atoms with Gasteiger partial charge in [-0.2, -0.15) is 0 Å². The van der Waals surface area contributed by atoms with Gasteiger partial charge in [0.15, 0.2) is 0 Å². The molecule has 0 saturated heterocycles. The number of hydrogen-bond donors (Lipinski definition) is 1. The van der Waals surface area contributed by atoms with Gasteiger partial charge in [0, 0.05) is 12.8 Å². The third-order valence-electron chi connectivity index (χ3n) is 1.07. The van der Waals surface area contributed by atoms with Gasteiger partial charge in [0.1, 0.15) is 0 Å². The first-order chi connectivity index (χ1) is 4.62. The molecule has 2 heteroatoms. The van der Waals surface area contributed by atoms with Gasteiger partial charge in [-0.25, -0.2) is 0 Å². The molecule has 0 aliphatic heterocycles. The second-order valence-electron chi connectivity index (χ2n) is 2.70. The molecule has 0 aromatic carbocycles. The van der Waals surface area contributed by atoms with Crippen LogP contribution in [0.3, 0.4) is 0 Å². The summed E-state index contributed by atoms with van der Waals surface area (Å²) < 4.78 is 0. The third kappa shape index (κ3) is 4.13. The lowest BCUT2D eigenvalue weighted by atomic mass is 10.1. The van der Waals surface area contributed by atoms with Crippen molar-refractivity contribution in [3.8, 4) is 0 Å². The summed E-state index contributed by atoms with van der Waals surface area (Å²) in [4.78, 5) is 4.13. The van der Waals surface area contributed by atoms with E-state index in [1.807, 2.05) is 27.0 Å². The molecule has 0 bridgehead atoms. The highest BCUT2D eigenvalue weighted by atomic mass is 14.9. The van der Waals surface area contributed by atoms with Gasteiger partial charge < -0.3 is 5.32 Å². The standard InChI is InChI=1S/C8H16N2/c1-5-9-7-8(3,4)10-6-2/h6-7,10H,2,5H2,1,3-4H3. The summed E-state index contributed by atoms with van der Waals surface area (Å²) in [6.45, 7) is 10.5. The molecule has 0 saturated carbocycles. The summed E-state index contributed by atoms with van der Waals surface area (Å²) in [5, 5.41) is 3.07. The summed E-state index contributed by atoms with van der Waals surface area (Å²) in [6, 6.07) is 0. The quantitative estimate of drug-likeness (QED) is 0.589. The lowest BCUT2D eigenvalue weighted by Crippen LogP contribution is -2.36. The molecular weight excluding hydrogens is 124 g/mol. The fourth-order valence-electron chi connectivity index (χ4n) is 0.620. The zero-order valence-corrected chi connectivity index (χ0v) is 7.02. The molecule has 0 heterocycles. The third-order valence-corrected chi connectivity index (χ3v) is 1.07. The zero-order chi connectivity index (χ0) is 8.04. The first kappa shape index (κ1) is 9.21. The van der Waals surface area contributed by atoms with Gasteiger partial charge in [0.05, 0.1) is 5.54 Å². The molecule has 0 aromatic rings. The Balaban J connectivity index is 3.84. The van der Waals surface area contributed by atoms with Crippen LogP contribution in [0.1, 0.15) is 20.8 Å². The van der Waals surface area contributed by atoms with Crippen molar-refractivity contribution < 1.29 is 0 Å². The molecule has 0 aromatic heterocycles. The molecular formula is C8H16N2. The van der Waals surface area contributed by atoms with Gasteiger partial charge in [-0.15, -0.1) is 0 Å². The Morgan fingerprint density at radius 3 is 2.60 bits per heavy atom. The lowest BCUT2D eigenvalue weighted by Gasteiger charge is -2.18. The van der Waals surface area contributed by atoms with E-state index in [2.05, 4.69) is 16.9 Å². The minimum Gasteiger partial charge on any atom is -0.382 e. The lowest BCUT2D eigenvalue weighted by molar-refractivity contribution is 0.602. The molecule has 1 N–H and O–H groups in total. The Morgan fingerprint density at radius 1 is 1.60 bits per heavy atom. The van der Waals surface area contributed by atoms with E-state index in [1.54, 1.807) is 6.20 Å². The maximum Gasteiger partial charge on any atom is 0.0660 e. The van der Waals surface area contributed by atoms with Crippen molar-refractivity contribution >= 4 is 6.21 Å². The molecule has 0 fully saturated rings. The van der Waals surface area contributed by atoms with E-state index < -0.39 is 0 Å². The van der Waals surface area contributed by atoms with Crippen molar-refractivity contribution in [3.05, 3.63) is 12.8 Å². The van der Waals surface area contributed by atoms with Gasteiger partial charge in [0.2, 0.25) is 0 Å². The summed E-state index contributed by atoms with van der Waals surface area (Å²) in [6.07, 6.45) is 3.58. The van der Waals surface area contributed by atoms with E-state index in [-0.39, 0.29) is 5.54 Å². The predicted molar refractivity (Wildman–Crippen MR) is 46.4 cm³/mol. The van der Waals surface area contributed by atoms with Crippen LogP contribution in [-0.2, 0) is 0 Å². The maximum atomic E-state index is 4.13. The van der Waals surface area contributed by atoms with E-state index in [0.717, 1.165) is 6.54 Å². The van der Waals surface area contributed by atoms with Crippen LogP contribution < -0.4 is 5.32 Å². The van der Waals surface area contributed by atoms with Crippen molar-refractivity contribution in [1.29, 1.82) is 0 Å². The van der Waals surface area contributed by atoms with Gasteiger partial charge in [-0.1, -0.05) is 6.58 Å². The molecule has 10 heavy (non-hydrogen) atoms. The van der Waals surface area contributed by atoms with E-state index >= 15 is 0 Å². The molecule has 0 aliphatic carbocycles. The van der Waals surface area contributed by atoms with Crippen molar-refractivity contribution in [1.82, 2.24) is 5.32 Å². The van der Waals surface area contributed by atoms with Crippen LogP contribution >= 0.6 is 0 Å². The minimum atomic E-state index is -0.0578. The van der Waals surface area contributed by atoms with Gasteiger partial charge in [-0.3, -0.25) is 4.99 Å². The second kappa shape index (κ2) is 4.09. The highest BCUT2D eigenvalue weighted by Crippen LogP contribution is 1.96. The Kier molecular flexibility index (Phi) is 3.77. The molecule has 0 radical (unpaired) electrons. The van der Waals surface area contributed by atoms with Gasteiger partial charge in [-0.05, 0) is 27.0 Å². The molecule has 0 rings (SSSR count). The fourth-order valence-corrected chi connectivity index (χ4v) is 0.620. The SMILES string of the molecule is C=CNC(C)(C)C=NCC. The van der Waals surface area contributed by atoms with Crippen LogP contribution in [0.25, 0.3) is 0 Å². The van der Waals surface area contributed by atoms with Crippen LogP contribution in [0, 0.1) is 0 Å². The van der Waals surface area contributed by atoms with Crippen LogP contribution in [0.2, 0.25) is 0 Å². The van der Waals surface area contributed by atoms with E-state index in [9.17, 15) is 0 Å². The van der Waals surface area contributed by atoms with Crippen LogP contribution in [0.15, 0.2) is 17.8 Å². The number of nitrogens with one attached hydrogen (secondary N) is 1. The van der Waals surface area contributed by atoms with E-state index in [0.29, 0.717) is 0 Å². The number of nitrogens with zero attached hydrogens (tertiary/aromatic N) is 1. The number of rotatable bonds is 4. The molecule has 0 amide bonds. The molecule has 0 spiro atoms. The fraction of sp³-hybridized carbons (Fsp3) is 0.625. The van der Waals surface area contributed by atoms with Crippen molar-refractivity contribution in [2.24, 2.45) is 4.99 Å². The molecule has 58 valence electrons. The van der Waals surface area contributed by atoms with Crippen LogP contribution in [0.5, 0.6) is 0 Å². The highest BCUT2D eigenvalue weighted by molar-refractivity contribution is 5.69. The monoisotopic (exact) mass is 140 g/mol. The summed E-state index contributed by atoms with van der Waals surface area (Å²) in [5.74, 6) is 0. The maximum absolute atomic E-state index is 4.13. The van der Waals surface area contributed by atoms with Crippen molar-refractivity contribution in [2.75, 3.05) is 6.54 Å². The van der Waals surface area contributed by atoms with Gasteiger partial charge >= 0.3 is 0 Å². The van der Waals surface area contributed by atoms with Crippen LogP contribution in [-0.4, -0.2) is 18.3 Å². The van der Waals surface area contributed by atoms with Crippen molar-refractivity contribution in [3.63, 3.8) is 0 Å². The number of hydrogen-bond acceptors (Lipinski definition) is 2. The Hall–Kier alpha value is -0.790. The average Bonchev–Trinajstić information content (AvgIpc) is 1.84. The predicted octanol–water partition coefficient (Wildman–Crippen LogP) is 1.59. The second-order valence-corrected chi connectivity index (χ2v) is 2.70. The normalized spacial score (nSPS) is 11.9. The molecule has 0 unspecified atom stereocenters. The summed E-state index contributed by atoms with van der Waals surface area (Å²) in [5.41, 5.74) is -0.0578. The van der Waals surface area contributed by atoms with Gasteiger partial charge in [0.25, 0.3) is 0 Å². The Morgan fingerprint density at radius 2 is 2.20 bits per heavy atom. The largest absolute Gasteiger partial charge is 0.382 e. The highest BCUT2D eigenvalue weighted by Gasteiger charge is 2.09.